The van der Waals surface area contributed by atoms with E-state index in [1.54, 1.807) is 18.3 Å². The van der Waals surface area contributed by atoms with Gasteiger partial charge in [-0.05, 0) is 31.5 Å². The van der Waals surface area contributed by atoms with Crippen molar-refractivity contribution in [1.29, 1.82) is 0 Å². The third-order valence-electron chi connectivity index (χ3n) is 3.52. The van der Waals surface area contributed by atoms with Crippen molar-refractivity contribution in [3.8, 4) is 0 Å². The predicted octanol–water partition coefficient (Wildman–Crippen LogP) is 4.34. The van der Waals surface area contributed by atoms with Crippen LogP contribution in [0.3, 0.4) is 0 Å². The lowest BCUT2D eigenvalue weighted by molar-refractivity contribution is 0.0467. The number of hydrogen-bond acceptors (Lipinski definition) is 6. The zero-order valence-electron chi connectivity index (χ0n) is 14.1. The first-order valence-corrected chi connectivity index (χ1v) is 8.83. The summed E-state index contributed by atoms with van der Waals surface area (Å²) in [7, 11) is 0. The normalized spacial score (nSPS) is 10.6. The van der Waals surface area contributed by atoms with E-state index in [1.165, 1.54) is 17.3 Å². The minimum absolute atomic E-state index is 0.237. The molecular weight excluding hydrogens is 336 g/mol. The molecular formula is C19H18N2O3S. The molecule has 0 aliphatic heterocycles. The van der Waals surface area contributed by atoms with Gasteiger partial charge in [0.05, 0.1) is 11.3 Å². The van der Waals surface area contributed by atoms with Gasteiger partial charge in [0.15, 0.2) is 0 Å². The van der Waals surface area contributed by atoms with Gasteiger partial charge >= 0.3 is 5.97 Å². The van der Waals surface area contributed by atoms with Crippen LogP contribution in [-0.4, -0.2) is 16.1 Å². The molecule has 0 aliphatic rings. The fourth-order valence-electron chi connectivity index (χ4n) is 2.20. The number of nitrogens with zero attached hydrogens (tertiary/aromatic N) is 2. The molecule has 0 unspecified atom stereocenters. The molecule has 0 saturated carbocycles. The van der Waals surface area contributed by atoms with Gasteiger partial charge in [0, 0.05) is 18.0 Å². The molecule has 25 heavy (non-hydrogen) atoms. The van der Waals surface area contributed by atoms with E-state index in [4.69, 9.17) is 9.26 Å². The minimum Gasteiger partial charge on any atom is -0.457 e. The van der Waals surface area contributed by atoms with Gasteiger partial charge in [0.25, 0.3) is 0 Å². The van der Waals surface area contributed by atoms with Gasteiger partial charge in [-0.25, -0.2) is 9.78 Å². The Morgan fingerprint density at radius 2 is 2.00 bits per heavy atom. The van der Waals surface area contributed by atoms with Crippen LogP contribution in [0.4, 0.5) is 0 Å². The molecule has 0 radical (unpaired) electrons. The largest absolute Gasteiger partial charge is 0.457 e. The Morgan fingerprint density at radius 3 is 2.72 bits per heavy atom. The maximum atomic E-state index is 12.4. The number of carbonyl (C=O) groups excluding carboxylic acids is 1. The maximum Gasteiger partial charge on any atom is 0.341 e. The van der Waals surface area contributed by atoms with Gasteiger partial charge in [0.2, 0.25) is 0 Å². The Hall–Kier alpha value is -2.60. The van der Waals surface area contributed by atoms with Gasteiger partial charge < -0.3 is 9.26 Å². The van der Waals surface area contributed by atoms with E-state index in [-0.39, 0.29) is 12.6 Å². The number of pyridine rings is 1. The van der Waals surface area contributed by atoms with Crippen molar-refractivity contribution < 1.29 is 14.1 Å². The zero-order valence-corrected chi connectivity index (χ0v) is 14.9. The number of ether oxygens (including phenoxy) is 1. The summed E-state index contributed by atoms with van der Waals surface area (Å²) < 4.78 is 10.5. The fourth-order valence-corrected chi connectivity index (χ4v) is 3.06. The molecule has 0 atom stereocenters. The number of aromatic nitrogens is 2. The van der Waals surface area contributed by atoms with Crippen LogP contribution in [0.1, 0.15) is 32.9 Å². The van der Waals surface area contributed by atoms with E-state index in [1.807, 2.05) is 44.2 Å². The lowest BCUT2D eigenvalue weighted by atomic mass is 10.2. The molecule has 2 aromatic heterocycles. The summed E-state index contributed by atoms with van der Waals surface area (Å²) in [5, 5.41) is 4.57. The van der Waals surface area contributed by atoms with Gasteiger partial charge in [-0.1, -0.05) is 46.7 Å². The molecule has 0 saturated heterocycles. The van der Waals surface area contributed by atoms with Crippen molar-refractivity contribution in [3.05, 3.63) is 76.8 Å². The van der Waals surface area contributed by atoms with Crippen molar-refractivity contribution >= 4 is 17.7 Å². The molecule has 6 heteroatoms. The molecule has 128 valence electrons. The first-order chi connectivity index (χ1) is 12.1. The summed E-state index contributed by atoms with van der Waals surface area (Å²) in [6.07, 6.45) is 1.66. The Balaban J connectivity index is 1.64. The van der Waals surface area contributed by atoms with Crippen molar-refractivity contribution in [2.75, 3.05) is 0 Å². The highest BCUT2D eigenvalue weighted by atomic mass is 32.2. The summed E-state index contributed by atoms with van der Waals surface area (Å²) in [5.41, 5.74) is 3.39. The van der Waals surface area contributed by atoms with Gasteiger partial charge in [-0.15, -0.1) is 0 Å². The molecule has 5 nitrogen and oxygen atoms in total. The van der Waals surface area contributed by atoms with Crippen LogP contribution in [0.5, 0.6) is 0 Å². The van der Waals surface area contributed by atoms with Crippen LogP contribution >= 0.6 is 11.8 Å². The highest BCUT2D eigenvalue weighted by Crippen LogP contribution is 2.24. The van der Waals surface area contributed by atoms with Crippen LogP contribution < -0.4 is 0 Å². The average Bonchev–Trinajstić information content (AvgIpc) is 3.05. The van der Waals surface area contributed by atoms with Crippen LogP contribution in [0.15, 0.2) is 58.2 Å². The minimum atomic E-state index is -0.382. The standard InChI is InChI=1S/C19H18N2O3S/c1-13-5-7-15(8-6-13)11-23-19(22)17-4-3-9-20-18(17)25-12-16-10-14(2)24-21-16/h3-10H,11-12H2,1-2H3. The Bertz CT molecular complexity index is 859. The summed E-state index contributed by atoms with van der Waals surface area (Å²) in [6.45, 7) is 4.10. The third-order valence-corrected chi connectivity index (χ3v) is 4.55. The molecule has 3 rings (SSSR count). The SMILES string of the molecule is Cc1ccc(COC(=O)c2cccnc2SCc2cc(C)on2)cc1. The van der Waals surface area contributed by atoms with Crippen LogP contribution in [0.25, 0.3) is 0 Å². The second-order valence-corrected chi connectivity index (χ2v) is 6.60. The molecule has 3 aromatic rings. The molecule has 0 aliphatic carbocycles. The van der Waals surface area contributed by atoms with Gasteiger partial charge in [-0.3, -0.25) is 0 Å². The van der Waals surface area contributed by atoms with Crippen molar-refractivity contribution in [2.45, 2.75) is 31.2 Å². The Labute approximate surface area is 150 Å². The molecule has 0 amide bonds. The van der Waals surface area contributed by atoms with E-state index in [0.29, 0.717) is 16.3 Å². The van der Waals surface area contributed by atoms with Crippen LogP contribution in [-0.2, 0) is 17.1 Å². The smallest absolute Gasteiger partial charge is 0.341 e. The summed E-state index contributed by atoms with van der Waals surface area (Å²) >= 11 is 1.43. The topological polar surface area (TPSA) is 65.2 Å². The van der Waals surface area contributed by atoms with E-state index in [9.17, 15) is 4.79 Å². The first-order valence-electron chi connectivity index (χ1n) is 7.84. The highest BCUT2D eigenvalue weighted by molar-refractivity contribution is 7.98. The maximum absolute atomic E-state index is 12.4. The van der Waals surface area contributed by atoms with Crippen molar-refractivity contribution in [1.82, 2.24) is 10.1 Å². The monoisotopic (exact) mass is 354 g/mol. The van der Waals surface area contributed by atoms with E-state index < -0.39 is 0 Å². The molecule has 0 N–H and O–H groups in total. The van der Waals surface area contributed by atoms with Crippen LogP contribution in [0.2, 0.25) is 0 Å². The summed E-state index contributed by atoms with van der Waals surface area (Å²) in [5.74, 6) is 0.953. The van der Waals surface area contributed by atoms with Crippen LogP contribution in [0, 0.1) is 13.8 Å². The lowest BCUT2D eigenvalue weighted by Gasteiger charge is -2.08. The zero-order chi connectivity index (χ0) is 17.6. The van der Waals surface area contributed by atoms with Gasteiger partial charge in [0.1, 0.15) is 17.4 Å². The number of carbonyl (C=O) groups is 1. The lowest BCUT2D eigenvalue weighted by Crippen LogP contribution is -2.07. The molecule has 0 spiro atoms. The number of esters is 1. The highest BCUT2D eigenvalue weighted by Gasteiger charge is 2.15. The van der Waals surface area contributed by atoms with E-state index in [0.717, 1.165) is 17.0 Å². The Morgan fingerprint density at radius 1 is 1.20 bits per heavy atom. The number of benzene rings is 1. The number of hydrogen-bond donors (Lipinski definition) is 0. The molecule has 0 bridgehead atoms. The predicted molar refractivity (Wildman–Crippen MR) is 95.3 cm³/mol. The van der Waals surface area contributed by atoms with Crippen molar-refractivity contribution in [3.63, 3.8) is 0 Å². The van der Waals surface area contributed by atoms with Gasteiger partial charge in [-0.2, -0.15) is 0 Å². The second-order valence-electron chi connectivity index (χ2n) is 5.64. The number of thioether (sulfide) groups is 1. The second kappa shape index (κ2) is 7.98. The molecule has 0 fully saturated rings. The first kappa shape index (κ1) is 17.2. The molecule has 1 aromatic carbocycles. The van der Waals surface area contributed by atoms with Crippen molar-refractivity contribution in [2.24, 2.45) is 0 Å². The molecule has 2 heterocycles. The number of aryl methyl sites for hydroxylation is 2. The summed E-state index contributed by atoms with van der Waals surface area (Å²) in [6, 6.07) is 13.2. The third kappa shape index (κ3) is 4.70. The van der Waals surface area contributed by atoms with E-state index in [2.05, 4.69) is 10.1 Å². The average molecular weight is 354 g/mol. The fraction of sp³-hybridized carbons (Fsp3) is 0.211. The number of rotatable bonds is 6. The van der Waals surface area contributed by atoms with E-state index >= 15 is 0 Å². The summed E-state index contributed by atoms with van der Waals surface area (Å²) in [4.78, 5) is 16.7. The quantitative estimate of drug-likeness (QED) is 0.485. The Kier molecular flexibility index (Phi) is 5.50.